The summed E-state index contributed by atoms with van der Waals surface area (Å²) >= 11 is 0. The van der Waals surface area contributed by atoms with Crippen LogP contribution >= 0.6 is 0 Å². The van der Waals surface area contributed by atoms with Gasteiger partial charge in [0.2, 0.25) is 0 Å². The van der Waals surface area contributed by atoms with E-state index < -0.39 is 0 Å². The fourth-order valence-corrected chi connectivity index (χ4v) is 0.919. The molecule has 2 aromatic rings. The van der Waals surface area contributed by atoms with Crippen LogP contribution < -0.4 is 0 Å². The van der Waals surface area contributed by atoms with Gasteiger partial charge in [-0.2, -0.15) is 0 Å². The molecular formula is C14H17N. The third kappa shape index (κ3) is 8.44. The molecule has 1 N–H and O–H groups in total. The Kier molecular flexibility index (Phi) is 8.91. The van der Waals surface area contributed by atoms with Crippen LogP contribution in [0.3, 0.4) is 0 Å². The molecule has 2 aromatic carbocycles. The summed E-state index contributed by atoms with van der Waals surface area (Å²) in [6.07, 6.45) is 0. The van der Waals surface area contributed by atoms with E-state index in [9.17, 15) is 0 Å². The van der Waals surface area contributed by atoms with E-state index in [4.69, 9.17) is 5.41 Å². The SMILES string of the molecule is C=N.Cc1ccccc1.c1ccccc1. The lowest BCUT2D eigenvalue weighted by Gasteiger charge is -1.82. The maximum absolute atomic E-state index is 5.50. The summed E-state index contributed by atoms with van der Waals surface area (Å²) < 4.78 is 0. The highest BCUT2D eigenvalue weighted by Gasteiger charge is 1.72. The molecule has 0 radical (unpaired) electrons. The van der Waals surface area contributed by atoms with E-state index >= 15 is 0 Å². The Morgan fingerprint density at radius 2 is 0.933 bits per heavy atom. The van der Waals surface area contributed by atoms with Crippen molar-refractivity contribution in [2.24, 2.45) is 0 Å². The van der Waals surface area contributed by atoms with Crippen LogP contribution in [0.1, 0.15) is 5.56 Å². The third-order valence-electron chi connectivity index (χ3n) is 1.61. The summed E-state index contributed by atoms with van der Waals surface area (Å²) in [5.41, 5.74) is 1.32. The average molecular weight is 199 g/mol. The van der Waals surface area contributed by atoms with E-state index in [1.165, 1.54) is 5.56 Å². The highest BCUT2D eigenvalue weighted by molar-refractivity contribution is 5.15. The molecule has 0 saturated carbocycles. The Balaban J connectivity index is 0.000000227. The minimum Gasteiger partial charge on any atom is -0.317 e. The second-order valence-electron chi connectivity index (χ2n) is 2.81. The Hall–Kier alpha value is -1.89. The zero-order valence-corrected chi connectivity index (χ0v) is 9.06. The van der Waals surface area contributed by atoms with Crippen molar-refractivity contribution in [2.75, 3.05) is 0 Å². The summed E-state index contributed by atoms with van der Waals surface area (Å²) in [5, 5.41) is 5.50. The van der Waals surface area contributed by atoms with Gasteiger partial charge in [0, 0.05) is 0 Å². The van der Waals surface area contributed by atoms with Crippen LogP contribution in [0.25, 0.3) is 0 Å². The second-order valence-corrected chi connectivity index (χ2v) is 2.81. The number of nitrogens with one attached hydrogen (secondary N) is 1. The maximum Gasteiger partial charge on any atom is -0.0187 e. The zero-order chi connectivity index (χ0) is 11.4. The van der Waals surface area contributed by atoms with Crippen LogP contribution in [0.15, 0.2) is 66.7 Å². The zero-order valence-electron chi connectivity index (χ0n) is 9.06. The molecule has 0 aromatic heterocycles. The second kappa shape index (κ2) is 10.2. The van der Waals surface area contributed by atoms with Crippen molar-refractivity contribution in [3.8, 4) is 0 Å². The lowest BCUT2D eigenvalue weighted by molar-refractivity contribution is 1.48. The Labute approximate surface area is 91.9 Å². The molecule has 1 nitrogen and oxygen atoms in total. The Morgan fingerprint density at radius 3 is 1.13 bits per heavy atom. The van der Waals surface area contributed by atoms with E-state index in [2.05, 4.69) is 25.8 Å². The summed E-state index contributed by atoms with van der Waals surface area (Å²) in [5.74, 6) is 0. The summed E-state index contributed by atoms with van der Waals surface area (Å²) in [6, 6.07) is 22.3. The number of rotatable bonds is 0. The van der Waals surface area contributed by atoms with Crippen molar-refractivity contribution in [3.63, 3.8) is 0 Å². The lowest BCUT2D eigenvalue weighted by atomic mass is 10.2. The fraction of sp³-hybridized carbons (Fsp3) is 0.0714. The van der Waals surface area contributed by atoms with Crippen molar-refractivity contribution >= 4 is 6.72 Å². The van der Waals surface area contributed by atoms with E-state index in [0.717, 1.165) is 0 Å². The molecule has 0 spiro atoms. The van der Waals surface area contributed by atoms with E-state index in [-0.39, 0.29) is 0 Å². The molecule has 0 amide bonds. The van der Waals surface area contributed by atoms with Crippen LogP contribution in [-0.4, -0.2) is 6.72 Å². The molecule has 1 heteroatoms. The van der Waals surface area contributed by atoms with Crippen LogP contribution in [-0.2, 0) is 0 Å². The number of hydrogen-bond acceptors (Lipinski definition) is 1. The average Bonchev–Trinajstić information content (AvgIpc) is 2.36. The van der Waals surface area contributed by atoms with Crippen LogP contribution in [0, 0.1) is 12.3 Å². The Morgan fingerprint density at radius 1 is 0.667 bits per heavy atom. The van der Waals surface area contributed by atoms with Gasteiger partial charge in [-0.1, -0.05) is 72.3 Å². The topological polar surface area (TPSA) is 23.9 Å². The Bertz CT molecular complexity index is 289. The maximum atomic E-state index is 5.50. The minimum atomic E-state index is 1.32. The van der Waals surface area contributed by atoms with E-state index in [0.29, 0.717) is 0 Å². The largest absolute Gasteiger partial charge is 0.317 e. The predicted molar refractivity (Wildman–Crippen MR) is 67.5 cm³/mol. The first-order valence-electron chi connectivity index (χ1n) is 4.76. The van der Waals surface area contributed by atoms with Crippen molar-refractivity contribution in [1.29, 1.82) is 5.41 Å². The molecule has 0 unspecified atom stereocenters. The van der Waals surface area contributed by atoms with Gasteiger partial charge in [-0.05, 0) is 13.6 Å². The van der Waals surface area contributed by atoms with Gasteiger partial charge in [0.05, 0.1) is 0 Å². The standard InChI is InChI=1S/C7H8.C6H6.CH3N/c1-7-5-3-2-4-6-7;1-2-4-6-5-3-1;1-2/h2-6H,1H3;1-6H;2H,1H2. The first-order chi connectivity index (χ1) is 7.39. The number of hydrogen-bond donors (Lipinski definition) is 1. The predicted octanol–water partition coefficient (Wildman–Crippen LogP) is 3.95. The van der Waals surface area contributed by atoms with Crippen molar-refractivity contribution < 1.29 is 0 Å². The van der Waals surface area contributed by atoms with Crippen molar-refractivity contribution in [1.82, 2.24) is 0 Å². The quantitative estimate of drug-likeness (QED) is 0.621. The van der Waals surface area contributed by atoms with Gasteiger partial charge in [-0.15, -0.1) is 0 Å². The van der Waals surface area contributed by atoms with Gasteiger partial charge >= 0.3 is 0 Å². The van der Waals surface area contributed by atoms with Gasteiger partial charge in [0.25, 0.3) is 0 Å². The number of benzene rings is 2. The molecular weight excluding hydrogens is 182 g/mol. The molecule has 78 valence electrons. The molecule has 0 bridgehead atoms. The summed E-state index contributed by atoms with van der Waals surface area (Å²) in [6.45, 7) is 4.58. The highest BCUT2D eigenvalue weighted by atomic mass is 14.2. The monoisotopic (exact) mass is 199 g/mol. The van der Waals surface area contributed by atoms with Gasteiger partial charge in [-0.3, -0.25) is 0 Å². The molecule has 0 fully saturated rings. The van der Waals surface area contributed by atoms with Gasteiger partial charge < -0.3 is 5.41 Å². The van der Waals surface area contributed by atoms with Gasteiger partial charge in [0.15, 0.2) is 0 Å². The van der Waals surface area contributed by atoms with Crippen LogP contribution in [0.2, 0.25) is 0 Å². The summed E-state index contributed by atoms with van der Waals surface area (Å²) in [4.78, 5) is 0. The van der Waals surface area contributed by atoms with Crippen molar-refractivity contribution in [3.05, 3.63) is 72.3 Å². The molecule has 15 heavy (non-hydrogen) atoms. The molecule has 0 saturated heterocycles. The van der Waals surface area contributed by atoms with Crippen molar-refractivity contribution in [2.45, 2.75) is 6.92 Å². The smallest absolute Gasteiger partial charge is 0.0187 e. The first-order valence-corrected chi connectivity index (χ1v) is 4.76. The third-order valence-corrected chi connectivity index (χ3v) is 1.61. The van der Waals surface area contributed by atoms with Crippen LogP contribution in [0.5, 0.6) is 0 Å². The molecule has 0 aliphatic carbocycles. The fourth-order valence-electron chi connectivity index (χ4n) is 0.919. The molecule has 0 heterocycles. The molecule has 0 atom stereocenters. The normalized spacial score (nSPS) is 7.53. The molecule has 0 aliphatic rings. The van der Waals surface area contributed by atoms with E-state index in [1.807, 2.05) is 54.6 Å². The summed E-state index contributed by atoms with van der Waals surface area (Å²) in [7, 11) is 0. The van der Waals surface area contributed by atoms with Gasteiger partial charge in [-0.25, -0.2) is 0 Å². The van der Waals surface area contributed by atoms with E-state index in [1.54, 1.807) is 0 Å². The highest BCUT2D eigenvalue weighted by Crippen LogP contribution is 1.92. The number of aryl methyl sites for hydroxylation is 1. The first kappa shape index (κ1) is 13.1. The lowest BCUT2D eigenvalue weighted by Crippen LogP contribution is -1.62. The molecule has 0 aliphatic heterocycles. The van der Waals surface area contributed by atoms with Gasteiger partial charge in [0.1, 0.15) is 0 Å². The van der Waals surface area contributed by atoms with Crippen LogP contribution in [0.4, 0.5) is 0 Å². The minimum absolute atomic E-state index is 1.32. The molecule has 2 rings (SSSR count).